The Labute approximate surface area is 141 Å². The first-order chi connectivity index (χ1) is 11.2. The van der Waals surface area contributed by atoms with Gasteiger partial charge >= 0.3 is 6.18 Å². The molecule has 0 saturated heterocycles. The van der Waals surface area contributed by atoms with E-state index in [1.807, 2.05) is 25.9 Å². The minimum atomic E-state index is -4.51. The number of anilines is 2. The van der Waals surface area contributed by atoms with Crippen molar-refractivity contribution in [3.8, 4) is 6.07 Å². The highest BCUT2D eigenvalue weighted by molar-refractivity contribution is 7.15. The van der Waals surface area contributed by atoms with Gasteiger partial charge < -0.3 is 10.2 Å². The predicted octanol–water partition coefficient (Wildman–Crippen LogP) is 3.46. The molecule has 9 heteroatoms. The van der Waals surface area contributed by atoms with Crippen molar-refractivity contribution in [2.75, 3.05) is 30.9 Å². The van der Waals surface area contributed by atoms with Gasteiger partial charge in [-0.05, 0) is 19.1 Å². The highest BCUT2D eigenvalue weighted by Crippen LogP contribution is 2.31. The van der Waals surface area contributed by atoms with Crippen LogP contribution in [-0.2, 0) is 12.6 Å². The molecule has 0 saturated carbocycles. The van der Waals surface area contributed by atoms with Crippen LogP contribution in [0.2, 0.25) is 0 Å². The van der Waals surface area contributed by atoms with E-state index in [1.165, 1.54) is 11.3 Å². The summed E-state index contributed by atoms with van der Waals surface area (Å²) >= 11 is 1.54. The lowest BCUT2D eigenvalue weighted by atomic mass is 10.2. The molecule has 128 valence electrons. The van der Waals surface area contributed by atoms with Crippen LogP contribution >= 0.6 is 11.3 Å². The van der Waals surface area contributed by atoms with Gasteiger partial charge in [0.2, 0.25) is 0 Å². The Hall–Kier alpha value is -2.34. The van der Waals surface area contributed by atoms with E-state index < -0.39 is 11.7 Å². The molecule has 0 spiro atoms. The quantitative estimate of drug-likeness (QED) is 0.890. The molecule has 0 amide bonds. The van der Waals surface area contributed by atoms with E-state index in [-0.39, 0.29) is 11.5 Å². The van der Waals surface area contributed by atoms with Crippen LogP contribution in [0.3, 0.4) is 0 Å². The smallest absolute Gasteiger partial charge is 0.370 e. The Kier molecular flexibility index (Phi) is 5.29. The standard InChI is InChI=1S/C15H16F3N5S/c1-9-12(24-14(21-9)23(2)3)4-5-20-13-7-10(15(16,17)18)6-11(8-19)22-13/h6-7H,4-5H2,1-3H3,(H,20,22). The number of hydrogen-bond acceptors (Lipinski definition) is 6. The van der Waals surface area contributed by atoms with Crippen molar-refractivity contribution in [3.63, 3.8) is 0 Å². The van der Waals surface area contributed by atoms with Crippen LogP contribution in [0.1, 0.15) is 21.8 Å². The third kappa shape index (κ3) is 4.35. The number of alkyl halides is 3. The third-order valence-electron chi connectivity index (χ3n) is 3.19. The number of halogens is 3. The minimum Gasteiger partial charge on any atom is -0.370 e. The largest absolute Gasteiger partial charge is 0.416 e. The van der Waals surface area contributed by atoms with Gasteiger partial charge in [0.05, 0.1) is 11.3 Å². The van der Waals surface area contributed by atoms with E-state index in [1.54, 1.807) is 6.07 Å². The first-order valence-electron chi connectivity index (χ1n) is 7.07. The van der Waals surface area contributed by atoms with E-state index in [2.05, 4.69) is 15.3 Å². The van der Waals surface area contributed by atoms with E-state index in [0.717, 1.165) is 27.8 Å². The van der Waals surface area contributed by atoms with Crippen molar-refractivity contribution in [2.24, 2.45) is 0 Å². The number of aromatic nitrogens is 2. The van der Waals surface area contributed by atoms with Gasteiger partial charge in [0, 0.05) is 31.9 Å². The fraction of sp³-hybridized carbons (Fsp3) is 0.400. The van der Waals surface area contributed by atoms with Gasteiger partial charge in [-0.2, -0.15) is 18.4 Å². The predicted molar refractivity (Wildman–Crippen MR) is 87.3 cm³/mol. The molecule has 2 rings (SSSR count). The number of pyridine rings is 1. The lowest BCUT2D eigenvalue weighted by Crippen LogP contribution is -2.11. The summed E-state index contributed by atoms with van der Waals surface area (Å²) in [5, 5.41) is 12.6. The molecular formula is C15H16F3N5S. The maximum Gasteiger partial charge on any atom is 0.416 e. The van der Waals surface area contributed by atoms with Gasteiger partial charge in [-0.3, -0.25) is 0 Å². The van der Waals surface area contributed by atoms with Gasteiger partial charge in [0.15, 0.2) is 5.13 Å². The zero-order valence-corrected chi connectivity index (χ0v) is 14.2. The monoisotopic (exact) mass is 355 g/mol. The summed E-state index contributed by atoms with van der Waals surface area (Å²) < 4.78 is 38.5. The fourth-order valence-electron chi connectivity index (χ4n) is 1.98. The summed E-state index contributed by atoms with van der Waals surface area (Å²) in [5.41, 5.74) is -0.253. The number of nitriles is 1. The van der Waals surface area contributed by atoms with Crippen molar-refractivity contribution < 1.29 is 13.2 Å². The zero-order valence-electron chi connectivity index (χ0n) is 13.4. The van der Waals surface area contributed by atoms with Gasteiger partial charge in [0.25, 0.3) is 0 Å². The van der Waals surface area contributed by atoms with Crippen LogP contribution in [0, 0.1) is 18.3 Å². The lowest BCUT2D eigenvalue weighted by Gasteiger charge is -2.10. The Morgan fingerprint density at radius 3 is 2.54 bits per heavy atom. The second-order valence-electron chi connectivity index (χ2n) is 5.31. The average Bonchev–Trinajstić information content (AvgIpc) is 2.87. The maximum atomic E-state index is 12.8. The topological polar surface area (TPSA) is 64.8 Å². The van der Waals surface area contributed by atoms with E-state index >= 15 is 0 Å². The van der Waals surface area contributed by atoms with Crippen LogP contribution in [0.5, 0.6) is 0 Å². The van der Waals surface area contributed by atoms with Crippen LogP contribution < -0.4 is 10.2 Å². The highest BCUT2D eigenvalue weighted by atomic mass is 32.1. The van der Waals surface area contributed by atoms with Crippen molar-refractivity contribution in [1.82, 2.24) is 9.97 Å². The van der Waals surface area contributed by atoms with Crippen molar-refractivity contribution in [2.45, 2.75) is 19.5 Å². The Balaban J connectivity index is 2.08. The summed E-state index contributed by atoms with van der Waals surface area (Å²) in [6.07, 6.45) is -3.91. The molecule has 0 atom stereocenters. The zero-order chi connectivity index (χ0) is 17.9. The molecule has 0 aliphatic rings. The first-order valence-corrected chi connectivity index (χ1v) is 7.89. The Morgan fingerprint density at radius 1 is 1.29 bits per heavy atom. The van der Waals surface area contributed by atoms with Crippen molar-refractivity contribution >= 4 is 22.3 Å². The van der Waals surface area contributed by atoms with Crippen LogP contribution in [0.25, 0.3) is 0 Å². The van der Waals surface area contributed by atoms with Gasteiger partial charge in [-0.1, -0.05) is 0 Å². The van der Waals surface area contributed by atoms with Gasteiger partial charge in [-0.25, -0.2) is 9.97 Å². The van der Waals surface area contributed by atoms with Gasteiger partial charge in [-0.15, -0.1) is 11.3 Å². The van der Waals surface area contributed by atoms with E-state index in [9.17, 15) is 13.2 Å². The van der Waals surface area contributed by atoms with Crippen LogP contribution in [-0.4, -0.2) is 30.6 Å². The Morgan fingerprint density at radius 2 is 2.00 bits per heavy atom. The molecule has 0 aliphatic heterocycles. The summed E-state index contributed by atoms with van der Waals surface area (Å²) in [5.74, 6) is 0.0383. The minimum absolute atomic E-state index is 0.0383. The number of nitrogens with zero attached hydrogens (tertiary/aromatic N) is 4. The number of rotatable bonds is 5. The molecule has 5 nitrogen and oxygen atoms in total. The molecular weight excluding hydrogens is 339 g/mol. The average molecular weight is 355 g/mol. The highest BCUT2D eigenvalue weighted by Gasteiger charge is 2.31. The molecule has 1 N–H and O–H groups in total. The number of aryl methyl sites for hydroxylation is 1. The second kappa shape index (κ2) is 7.05. The molecule has 0 aliphatic carbocycles. The Bertz CT molecular complexity index is 761. The molecule has 2 aromatic heterocycles. The van der Waals surface area contributed by atoms with Crippen molar-refractivity contribution in [3.05, 3.63) is 34.0 Å². The molecule has 0 fully saturated rings. The lowest BCUT2D eigenvalue weighted by molar-refractivity contribution is -0.137. The third-order valence-corrected chi connectivity index (χ3v) is 4.57. The number of nitrogens with one attached hydrogen (secondary N) is 1. The molecule has 0 bridgehead atoms. The molecule has 2 heterocycles. The summed E-state index contributed by atoms with van der Waals surface area (Å²) in [7, 11) is 3.80. The van der Waals surface area contributed by atoms with Gasteiger partial charge in [0.1, 0.15) is 17.6 Å². The SMILES string of the molecule is Cc1nc(N(C)C)sc1CCNc1cc(C(F)(F)F)cc(C#N)n1. The number of hydrogen-bond donors (Lipinski definition) is 1. The van der Waals surface area contributed by atoms with E-state index in [4.69, 9.17) is 5.26 Å². The fourth-order valence-corrected chi connectivity index (χ4v) is 2.97. The van der Waals surface area contributed by atoms with E-state index in [0.29, 0.717) is 13.0 Å². The molecule has 2 aromatic rings. The summed E-state index contributed by atoms with van der Waals surface area (Å²) in [4.78, 5) is 11.2. The normalized spacial score (nSPS) is 11.2. The first kappa shape index (κ1) is 18.0. The summed E-state index contributed by atoms with van der Waals surface area (Å²) in [6.45, 7) is 2.30. The molecule has 0 unspecified atom stereocenters. The number of thiazole rings is 1. The van der Waals surface area contributed by atoms with Crippen molar-refractivity contribution in [1.29, 1.82) is 5.26 Å². The maximum absolute atomic E-state index is 12.8. The molecule has 24 heavy (non-hydrogen) atoms. The van der Waals surface area contributed by atoms with Crippen LogP contribution in [0.15, 0.2) is 12.1 Å². The second-order valence-corrected chi connectivity index (χ2v) is 6.37. The molecule has 0 aromatic carbocycles. The summed E-state index contributed by atoms with van der Waals surface area (Å²) in [6, 6.07) is 3.29. The van der Waals surface area contributed by atoms with Crippen LogP contribution in [0.4, 0.5) is 24.1 Å². The molecule has 0 radical (unpaired) electrons.